The number of carbonyl (C=O) groups excluding carboxylic acids is 1. The summed E-state index contributed by atoms with van der Waals surface area (Å²) < 4.78 is 5.55. The maximum Gasteiger partial charge on any atom is 0.241 e. The number of hydrogen-bond donors (Lipinski definition) is 1. The normalized spacial score (nSPS) is 21.3. The molecule has 4 rings (SSSR count). The van der Waals surface area contributed by atoms with E-state index < -0.39 is 0 Å². The van der Waals surface area contributed by atoms with Crippen LogP contribution >= 0.6 is 0 Å². The van der Waals surface area contributed by atoms with Crippen molar-refractivity contribution < 1.29 is 9.32 Å². The van der Waals surface area contributed by atoms with Crippen LogP contribution in [0, 0.1) is 5.92 Å². The fraction of sp³-hybridized carbons (Fsp3) is 0.654. The Kier molecular flexibility index (Phi) is 7.29. The van der Waals surface area contributed by atoms with Crippen molar-refractivity contribution in [3.8, 4) is 11.4 Å². The van der Waals surface area contributed by atoms with Crippen molar-refractivity contribution in [2.45, 2.75) is 90.1 Å². The van der Waals surface area contributed by atoms with E-state index in [1.54, 1.807) is 0 Å². The molecule has 1 amide bonds. The minimum Gasteiger partial charge on any atom is -0.353 e. The third kappa shape index (κ3) is 5.97. The molecule has 1 atom stereocenters. The minimum absolute atomic E-state index is 0.0549. The van der Waals surface area contributed by atoms with Crippen LogP contribution in [0.15, 0.2) is 28.8 Å². The highest BCUT2D eigenvalue weighted by Gasteiger charge is 2.28. The molecule has 1 aromatic heterocycles. The van der Waals surface area contributed by atoms with Gasteiger partial charge in [-0.2, -0.15) is 4.98 Å². The van der Waals surface area contributed by atoms with E-state index in [-0.39, 0.29) is 17.2 Å². The van der Waals surface area contributed by atoms with Crippen molar-refractivity contribution in [1.29, 1.82) is 0 Å². The summed E-state index contributed by atoms with van der Waals surface area (Å²) in [5.74, 6) is 1.52. The van der Waals surface area contributed by atoms with Gasteiger partial charge in [-0.1, -0.05) is 75.9 Å². The average Bonchev–Trinajstić information content (AvgIpc) is 3.08. The van der Waals surface area contributed by atoms with Crippen molar-refractivity contribution in [2.24, 2.45) is 5.92 Å². The number of hydrogen-bond acceptors (Lipinski definition) is 5. The smallest absolute Gasteiger partial charge is 0.241 e. The van der Waals surface area contributed by atoms with Crippen LogP contribution in [0.3, 0.4) is 0 Å². The summed E-state index contributed by atoms with van der Waals surface area (Å²) in [7, 11) is 0. The number of benzene rings is 1. The number of piperidine rings is 1. The number of aromatic nitrogens is 2. The first kappa shape index (κ1) is 23.0. The third-order valence-corrected chi connectivity index (χ3v) is 6.91. The second kappa shape index (κ2) is 10.2. The van der Waals surface area contributed by atoms with Gasteiger partial charge in [-0.15, -0.1) is 0 Å². The molecule has 1 N–H and O–H groups in total. The summed E-state index contributed by atoms with van der Waals surface area (Å²) in [6.07, 6.45) is 9.32. The summed E-state index contributed by atoms with van der Waals surface area (Å²) in [5.41, 5.74) is 2.37. The Balaban J connectivity index is 1.32. The van der Waals surface area contributed by atoms with E-state index in [0.29, 0.717) is 24.3 Å². The summed E-state index contributed by atoms with van der Waals surface area (Å²) in [4.78, 5) is 19.8. The molecular formula is C26H38N4O2. The van der Waals surface area contributed by atoms with Gasteiger partial charge in [0.25, 0.3) is 0 Å². The van der Waals surface area contributed by atoms with Crippen molar-refractivity contribution in [3.63, 3.8) is 0 Å². The van der Waals surface area contributed by atoms with Crippen LogP contribution in [0.25, 0.3) is 11.4 Å². The molecule has 2 heterocycles. The molecule has 0 bridgehead atoms. The van der Waals surface area contributed by atoms with Crippen molar-refractivity contribution >= 4 is 5.91 Å². The Bertz CT molecular complexity index is 876. The number of nitrogens with one attached hydrogen (secondary N) is 1. The first-order chi connectivity index (χ1) is 15.4. The highest BCUT2D eigenvalue weighted by Crippen LogP contribution is 2.26. The van der Waals surface area contributed by atoms with Crippen LogP contribution in [0.4, 0.5) is 0 Å². The molecule has 2 fully saturated rings. The predicted octanol–water partition coefficient (Wildman–Crippen LogP) is 5.09. The van der Waals surface area contributed by atoms with Gasteiger partial charge in [0.05, 0.1) is 12.5 Å². The molecular weight excluding hydrogens is 400 g/mol. The molecule has 1 unspecified atom stereocenters. The molecule has 6 heteroatoms. The number of carbonyl (C=O) groups is 1. The molecule has 2 aromatic rings. The zero-order valence-electron chi connectivity index (χ0n) is 19.9. The fourth-order valence-corrected chi connectivity index (χ4v) is 4.90. The average molecular weight is 439 g/mol. The van der Waals surface area contributed by atoms with Gasteiger partial charge in [-0.3, -0.25) is 9.69 Å². The largest absolute Gasteiger partial charge is 0.353 e. The van der Waals surface area contributed by atoms with E-state index in [1.807, 2.05) is 0 Å². The molecule has 1 saturated carbocycles. The van der Waals surface area contributed by atoms with Crippen LogP contribution in [0.1, 0.15) is 83.6 Å². The van der Waals surface area contributed by atoms with Gasteiger partial charge in [0, 0.05) is 18.2 Å². The van der Waals surface area contributed by atoms with Gasteiger partial charge in [0.2, 0.25) is 17.6 Å². The van der Waals surface area contributed by atoms with Gasteiger partial charge in [-0.25, -0.2) is 0 Å². The Morgan fingerprint density at radius 2 is 1.78 bits per heavy atom. The lowest BCUT2D eigenvalue weighted by molar-refractivity contribution is -0.127. The Morgan fingerprint density at radius 3 is 2.47 bits per heavy atom. The molecule has 0 radical (unpaired) electrons. The molecule has 1 saturated heterocycles. The maximum atomic E-state index is 12.9. The van der Waals surface area contributed by atoms with E-state index >= 15 is 0 Å². The lowest BCUT2D eigenvalue weighted by Gasteiger charge is -2.31. The third-order valence-electron chi connectivity index (χ3n) is 6.91. The molecule has 174 valence electrons. The highest BCUT2D eigenvalue weighted by atomic mass is 16.5. The number of likely N-dealkylation sites (tertiary alicyclic amines) is 1. The monoisotopic (exact) mass is 438 g/mol. The molecule has 6 nitrogen and oxygen atoms in total. The van der Waals surface area contributed by atoms with Gasteiger partial charge < -0.3 is 9.84 Å². The SMILES string of the molecule is CC(C)(C)c1ccc(-c2noc(CN3CCCC(C(=O)NC4CCCCCC4)C3)n2)cc1. The van der Waals surface area contributed by atoms with Crippen molar-refractivity contribution in [1.82, 2.24) is 20.4 Å². The first-order valence-electron chi connectivity index (χ1n) is 12.3. The summed E-state index contributed by atoms with van der Waals surface area (Å²) in [6.45, 7) is 8.94. The number of rotatable bonds is 5. The summed E-state index contributed by atoms with van der Waals surface area (Å²) >= 11 is 0. The predicted molar refractivity (Wildman–Crippen MR) is 126 cm³/mol. The van der Waals surface area contributed by atoms with E-state index in [4.69, 9.17) is 4.52 Å². The number of nitrogens with zero attached hydrogens (tertiary/aromatic N) is 3. The second-order valence-electron chi connectivity index (χ2n) is 10.6. The van der Waals surface area contributed by atoms with Gasteiger partial charge in [0.15, 0.2) is 0 Å². The van der Waals surface area contributed by atoms with E-state index in [0.717, 1.165) is 44.3 Å². The van der Waals surface area contributed by atoms with Gasteiger partial charge >= 0.3 is 0 Å². The first-order valence-corrected chi connectivity index (χ1v) is 12.3. The highest BCUT2D eigenvalue weighted by molar-refractivity contribution is 5.79. The standard InChI is InChI=1S/C26H38N4O2/c1-26(2,3)21-14-12-19(13-15-21)24-28-23(32-29-24)18-30-16-8-9-20(17-30)25(31)27-22-10-6-4-5-7-11-22/h12-15,20,22H,4-11,16-18H2,1-3H3,(H,27,31). The summed E-state index contributed by atoms with van der Waals surface area (Å²) in [6, 6.07) is 8.75. The quantitative estimate of drug-likeness (QED) is 0.659. The molecule has 32 heavy (non-hydrogen) atoms. The zero-order chi connectivity index (χ0) is 22.6. The van der Waals surface area contributed by atoms with Crippen LogP contribution in [0.2, 0.25) is 0 Å². The fourth-order valence-electron chi connectivity index (χ4n) is 4.90. The Labute approximate surface area is 192 Å². The summed E-state index contributed by atoms with van der Waals surface area (Å²) in [5, 5.41) is 7.53. The van der Waals surface area contributed by atoms with Crippen molar-refractivity contribution in [2.75, 3.05) is 13.1 Å². The van der Waals surface area contributed by atoms with E-state index in [9.17, 15) is 4.79 Å². The van der Waals surface area contributed by atoms with Crippen LogP contribution in [-0.2, 0) is 16.8 Å². The van der Waals surface area contributed by atoms with Gasteiger partial charge in [0.1, 0.15) is 0 Å². The molecule has 1 aromatic carbocycles. The molecule has 0 spiro atoms. The van der Waals surface area contributed by atoms with Gasteiger partial charge in [-0.05, 0) is 43.2 Å². The van der Waals surface area contributed by atoms with Crippen LogP contribution < -0.4 is 5.32 Å². The van der Waals surface area contributed by atoms with E-state index in [2.05, 4.69) is 65.4 Å². The number of amides is 1. The lowest BCUT2D eigenvalue weighted by Crippen LogP contribution is -2.45. The molecule has 1 aliphatic carbocycles. The topological polar surface area (TPSA) is 71.3 Å². The lowest BCUT2D eigenvalue weighted by atomic mass is 9.87. The Hall–Kier alpha value is -2.21. The second-order valence-corrected chi connectivity index (χ2v) is 10.6. The van der Waals surface area contributed by atoms with Crippen molar-refractivity contribution in [3.05, 3.63) is 35.7 Å². The zero-order valence-corrected chi connectivity index (χ0v) is 19.9. The van der Waals surface area contributed by atoms with Crippen LogP contribution in [-0.4, -0.2) is 40.1 Å². The molecule has 2 aliphatic rings. The molecule has 1 aliphatic heterocycles. The Morgan fingerprint density at radius 1 is 1.06 bits per heavy atom. The van der Waals surface area contributed by atoms with E-state index in [1.165, 1.54) is 31.2 Å². The minimum atomic E-state index is 0.0549. The van der Waals surface area contributed by atoms with Crippen LogP contribution in [0.5, 0.6) is 0 Å². The maximum absolute atomic E-state index is 12.9.